The predicted octanol–water partition coefficient (Wildman–Crippen LogP) is 2.83. The van der Waals surface area contributed by atoms with Crippen LogP contribution in [0.1, 0.15) is 38.2 Å². The van der Waals surface area contributed by atoms with Crippen molar-refractivity contribution >= 4 is 23.6 Å². The minimum atomic E-state index is -0.0357. The van der Waals surface area contributed by atoms with Gasteiger partial charge in [-0.2, -0.15) is 11.8 Å². The van der Waals surface area contributed by atoms with Crippen molar-refractivity contribution in [2.24, 2.45) is 5.92 Å². The zero-order chi connectivity index (χ0) is 16.9. The maximum Gasteiger partial charge on any atom is 0.225 e. The van der Waals surface area contributed by atoms with Crippen LogP contribution in [-0.2, 0) is 15.3 Å². The molecule has 2 saturated heterocycles. The lowest BCUT2D eigenvalue weighted by Gasteiger charge is -2.32. The van der Waals surface area contributed by atoms with Gasteiger partial charge in [-0.1, -0.05) is 37.3 Å². The third-order valence-electron chi connectivity index (χ3n) is 4.98. The van der Waals surface area contributed by atoms with Gasteiger partial charge in [-0.3, -0.25) is 9.59 Å². The van der Waals surface area contributed by atoms with Crippen LogP contribution in [0.3, 0.4) is 0 Å². The van der Waals surface area contributed by atoms with E-state index < -0.39 is 0 Å². The van der Waals surface area contributed by atoms with Crippen LogP contribution >= 0.6 is 11.8 Å². The van der Waals surface area contributed by atoms with E-state index >= 15 is 0 Å². The first-order chi connectivity index (χ1) is 11.6. The zero-order valence-corrected chi connectivity index (χ0v) is 15.1. The van der Waals surface area contributed by atoms with Crippen LogP contribution in [0.15, 0.2) is 30.3 Å². The van der Waals surface area contributed by atoms with Crippen molar-refractivity contribution in [2.45, 2.75) is 50.4 Å². The Morgan fingerprint density at radius 2 is 2.12 bits per heavy atom. The summed E-state index contributed by atoms with van der Waals surface area (Å²) in [7, 11) is 0. The summed E-state index contributed by atoms with van der Waals surface area (Å²) in [5.74, 6) is 1.98. The van der Waals surface area contributed by atoms with Crippen LogP contribution in [0.5, 0.6) is 0 Å². The average molecular weight is 346 g/mol. The molecule has 0 aliphatic carbocycles. The molecule has 3 unspecified atom stereocenters. The summed E-state index contributed by atoms with van der Waals surface area (Å²) in [5.41, 5.74) is 1.29. The molecule has 1 N–H and O–H groups in total. The molecule has 1 aromatic rings. The van der Waals surface area contributed by atoms with Gasteiger partial charge in [0.2, 0.25) is 11.8 Å². The van der Waals surface area contributed by atoms with Crippen molar-refractivity contribution in [2.75, 3.05) is 12.3 Å². The van der Waals surface area contributed by atoms with Gasteiger partial charge >= 0.3 is 0 Å². The largest absolute Gasteiger partial charge is 0.351 e. The maximum atomic E-state index is 12.5. The molecule has 1 aromatic carbocycles. The standard InChI is InChI=1S/C19H26N2O2S/c1-14(12-24-13-15-7-3-2-4-8-15)19(23)20-16-11-18(22)21-10-6-5-9-17(16)21/h2-4,7-8,14,16-17H,5-6,9-13H2,1H3,(H,20,23). The third kappa shape index (κ3) is 4.12. The molecule has 2 aliphatic heterocycles. The van der Waals surface area contributed by atoms with Crippen LogP contribution < -0.4 is 5.32 Å². The normalized spacial score (nSPS) is 24.5. The van der Waals surface area contributed by atoms with Gasteiger partial charge < -0.3 is 10.2 Å². The number of hydrogen-bond donors (Lipinski definition) is 1. The van der Waals surface area contributed by atoms with E-state index in [9.17, 15) is 9.59 Å². The summed E-state index contributed by atoms with van der Waals surface area (Å²) in [6, 6.07) is 10.5. The number of amides is 2. The lowest BCUT2D eigenvalue weighted by molar-refractivity contribution is -0.129. The summed E-state index contributed by atoms with van der Waals surface area (Å²) < 4.78 is 0. The fraction of sp³-hybridized carbons (Fsp3) is 0.579. The monoisotopic (exact) mass is 346 g/mol. The number of benzene rings is 1. The Labute approximate surface area is 148 Å². The Bertz CT molecular complexity index is 578. The molecule has 2 heterocycles. The lowest BCUT2D eigenvalue weighted by atomic mass is 9.98. The topological polar surface area (TPSA) is 49.4 Å². The lowest BCUT2D eigenvalue weighted by Crippen LogP contribution is -2.48. The Morgan fingerprint density at radius 1 is 1.33 bits per heavy atom. The number of piperidine rings is 1. The van der Waals surface area contributed by atoms with E-state index in [2.05, 4.69) is 17.4 Å². The van der Waals surface area contributed by atoms with Gasteiger partial charge in [0, 0.05) is 30.4 Å². The van der Waals surface area contributed by atoms with E-state index in [-0.39, 0.29) is 29.8 Å². The molecular weight excluding hydrogens is 320 g/mol. The van der Waals surface area contributed by atoms with Gasteiger partial charge in [-0.05, 0) is 24.8 Å². The smallest absolute Gasteiger partial charge is 0.225 e. The first-order valence-electron chi connectivity index (χ1n) is 8.86. The van der Waals surface area contributed by atoms with E-state index in [0.717, 1.165) is 37.3 Å². The van der Waals surface area contributed by atoms with E-state index in [1.54, 1.807) is 11.8 Å². The Balaban J connectivity index is 1.45. The molecule has 0 bridgehead atoms. The third-order valence-corrected chi connectivity index (χ3v) is 6.26. The van der Waals surface area contributed by atoms with Gasteiger partial charge in [0.05, 0.1) is 12.1 Å². The highest BCUT2D eigenvalue weighted by Crippen LogP contribution is 2.28. The molecular formula is C19H26N2O2S. The van der Waals surface area contributed by atoms with Crippen molar-refractivity contribution < 1.29 is 9.59 Å². The molecule has 130 valence electrons. The molecule has 3 atom stereocenters. The number of fused-ring (bicyclic) bond motifs is 1. The molecule has 3 rings (SSSR count). The molecule has 2 aliphatic rings. The second-order valence-electron chi connectivity index (χ2n) is 6.87. The van der Waals surface area contributed by atoms with Gasteiger partial charge in [0.15, 0.2) is 0 Å². The Hall–Kier alpha value is -1.49. The van der Waals surface area contributed by atoms with Crippen LogP contribution in [0.25, 0.3) is 0 Å². The van der Waals surface area contributed by atoms with Gasteiger partial charge in [0.25, 0.3) is 0 Å². The highest BCUT2D eigenvalue weighted by molar-refractivity contribution is 7.98. The van der Waals surface area contributed by atoms with Crippen LogP contribution in [0.2, 0.25) is 0 Å². The maximum absolute atomic E-state index is 12.5. The van der Waals surface area contributed by atoms with Crippen LogP contribution in [-0.4, -0.2) is 41.1 Å². The summed E-state index contributed by atoms with van der Waals surface area (Å²) in [5, 5.41) is 3.14. The first kappa shape index (κ1) is 17.3. The highest BCUT2D eigenvalue weighted by Gasteiger charge is 2.41. The van der Waals surface area contributed by atoms with Crippen molar-refractivity contribution in [3.63, 3.8) is 0 Å². The average Bonchev–Trinajstić information content (AvgIpc) is 2.92. The molecule has 24 heavy (non-hydrogen) atoms. The molecule has 4 nitrogen and oxygen atoms in total. The van der Waals surface area contributed by atoms with Crippen molar-refractivity contribution in [3.8, 4) is 0 Å². The number of carbonyl (C=O) groups is 2. The second-order valence-corrected chi connectivity index (χ2v) is 7.90. The van der Waals surface area contributed by atoms with Crippen LogP contribution in [0.4, 0.5) is 0 Å². The predicted molar refractivity (Wildman–Crippen MR) is 97.7 cm³/mol. The number of nitrogens with one attached hydrogen (secondary N) is 1. The minimum Gasteiger partial charge on any atom is -0.351 e. The molecule has 0 spiro atoms. The minimum absolute atomic E-state index is 0.00636. The first-order valence-corrected chi connectivity index (χ1v) is 10.0. The van der Waals surface area contributed by atoms with E-state index in [1.165, 1.54) is 5.56 Å². The highest BCUT2D eigenvalue weighted by atomic mass is 32.2. The SMILES string of the molecule is CC(CSCc1ccccc1)C(=O)NC1CC(=O)N2CCCCC12. The summed E-state index contributed by atoms with van der Waals surface area (Å²) in [4.78, 5) is 26.5. The summed E-state index contributed by atoms with van der Waals surface area (Å²) in [6.07, 6.45) is 3.74. The fourth-order valence-corrected chi connectivity index (χ4v) is 4.65. The van der Waals surface area contributed by atoms with Crippen molar-refractivity contribution in [3.05, 3.63) is 35.9 Å². The number of rotatable bonds is 6. The fourth-order valence-electron chi connectivity index (χ4n) is 3.60. The number of thioether (sulfide) groups is 1. The summed E-state index contributed by atoms with van der Waals surface area (Å²) in [6.45, 7) is 2.83. The molecule has 2 amide bonds. The van der Waals surface area contributed by atoms with E-state index in [0.29, 0.717) is 6.42 Å². The van der Waals surface area contributed by atoms with Crippen LogP contribution in [0, 0.1) is 5.92 Å². The number of carbonyl (C=O) groups excluding carboxylic acids is 2. The van der Waals surface area contributed by atoms with E-state index in [1.807, 2.05) is 30.0 Å². The molecule has 0 radical (unpaired) electrons. The number of nitrogens with zero attached hydrogens (tertiary/aromatic N) is 1. The van der Waals surface area contributed by atoms with E-state index in [4.69, 9.17) is 0 Å². The quantitative estimate of drug-likeness (QED) is 0.862. The summed E-state index contributed by atoms with van der Waals surface area (Å²) >= 11 is 1.79. The Morgan fingerprint density at radius 3 is 2.92 bits per heavy atom. The molecule has 5 heteroatoms. The second kappa shape index (κ2) is 8.06. The van der Waals surface area contributed by atoms with Crippen molar-refractivity contribution in [1.29, 1.82) is 0 Å². The molecule has 2 fully saturated rings. The zero-order valence-electron chi connectivity index (χ0n) is 14.2. The number of hydrogen-bond acceptors (Lipinski definition) is 3. The molecule has 0 aromatic heterocycles. The Kier molecular flexibility index (Phi) is 5.82. The van der Waals surface area contributed by atoms with Gasteiger partial charge in [-0.15, -0.1) is 0 Å². The van der Waals surface area contributed by atoms with Gasteiger partial charge in [0.1, 0.15) is 0 Å². The van der Waals surface area contributed by atoms with Gasteiger partial charge in [-0.25, -0.2) is 0 Å². The van der Waals surface area contributed by atoms with Crippen molar-refractivity contribution in [1.82, 2.24) is 10.2 Å². The molecule has 0 saturated carbocycles.